The van der Waals surface area contributed by atoms with Crippen molar-refractivity contribution in [2.75, 3.05) is 13.7 Å². The van der Waals surface area contributed by atoms with Crippen LogP contribution in [0.4, 0.5) is 0 Å². The van der Waals surface area contributed by atoms with Crippen molar-refractivity contribution in [2.45, 2.75) is 31.0 Å². The first-order chi connectivity index (χ1) is 11.8. The molecule has 0 aromatic heterocycles. The van der Waals surface area contributed by atoms with E-state index >= 15 is 0 Å². The molecule has 0 radical (unpaired) electrons. The fraction of sp³-hybridized carbons (Fsp3) is 0.438. The number of benzene rings is 1. The number of hydrogen-bond donors (Lipinski definition) is 6. The van der Waals surface area contributed by atoms with E-state index in [0.717, 1.165) is 12.0 Å². The van der Waals surface area contributed by atoms with Crippen LogP contribution in [0.25, 0.3) is 0 Å². The Morgan fingerprint density at radius 3 is 2.68 bits per heavy atom. The molecule has 2 rings (SSSR count). The van der Waals surface area contributed by atoms with Gasteiger partial charge in [-0.2, -0.15) is 0 Å². The summed E-state index contributed by atoms with van der Waals surface area (Å²) in [7, 11) is 1.53. The molecule has 1 heterocycles. The van der Waals surface area contributed by atoms with E-state index in [-0.39, 0.29) is 17.5 Å². The molecule has 1 aromatic carbocycles. The number of aliphatic hydroxyl groups is 3. The van der Waals surface area contributed by atoms with Crippen LogP contribution in [0, 0.1) is 0 Å². The maximum Gasteiger partial charge on any atom is 0.165 e. The van der Waals surface area contributed by atoms with E-state index in [4.69, 9.17) is 20.3 Å². The molecule has 140 valence electrons. The molecule has 8 nitrogen and oxygen atoms in total. The zero-order chi connectivity index (χ0) is 19.0. The first-order valence-corrected chi connectivity index (χ1v) is 7.89. The lowest BCUT2D eigenvalue weighted by Crippen LogP contribution is -2.59. The van der Waals surface area contributed by atoms with Crippen LogP contribution < -0.4 is 15.8 Å². The summed E-state index contributed by atoms with van der Waals surface area (Å²) in [6.07, 6.45) is -1.84. The predicted octanol–water partition coefficient (Wildman–Crippen LogP) is -0.612. The quantitative estimate of drug-likeness (QED) is 0.302. The van der Waals surface area contributed by atoms with Crippen LogP contribution in [0.5, 0.6) is 11.5 Å². The van der Waals surface area contributed by atoms with E-state index in [0.29, 0.717) is 5.75 Å². The van der Waals surface area contributed by atoms with Gasteiger partial charge in [0.05, 0.1) is 13.7 Å². The van der Waals surface area contributed by atoms with Gasteiger partial charge in [0.25, 0.3) is 0 Å². The van der Waals surface area contributed by atoms with E-state index in [2.05, 4.69) is 24.1 Å². The molecule has 1 saturated heterocycles. The van der Waals surface area contributed by atoms with Gasteiger partial charge in [-0.15, -0.1) is 6.58 Å². The zero-order valence-corrected chi connectivity index (χ0v) is 14.6. The van der Waals surface area contributed by atoms with Gasteiger partial charge in [-0.1, -0.05) is 12.1 Å². The Morgan fingerprint density at radius 1 is 1.44 bits per heavy atom. The van der Waals surface area contributed by atoms with Crippen molar-refractivity contribution in [3.05, 3.63) is 36.4 Å². The molecule has 0 spiro atoms. The van der Waals surface area contributed by atoms with Gasteiger partial charge >= 0.3 is 0 Å². The lowest BCUT2D eigenvalue weighted by molar-refractivity contribution is -0.190. The smallest absolute Gasteiger partial charge is 0.165 e. The summed E-state index contributed by atoms with van der Waals surface area (Å²) < 4.78 is 9.89. The van der Waals surface area contributed by atoms with Crippen molar-refractivity contribution in [3.8, 4) is 11.5 Å². The van der Waals surface area contributed by atoms with Crippen molar-refractivity contribution >= 4 is 17.3 Å². The Bertz CT molecular complexity index is 586. The number of rotatable bonds is 4. The van der Waals surface area contributed by atoms with Gasteiger partial charge in [-0.25, -0.2) is 0 Å². The van der Waals surface area contributed by atoms with Crippen LogP contribution in [-0.4, -0.2) is 63.8 Å². The van der Waals surface area contributed by atoms with E-state index in [1.54, 1.807) is 12.1 Å². The molecule has 1 aliphatic rings. The van der Waals surface area contributed by atoms with Gasteiger partial charge in [0.1, 0.15) is 18.3 Å². The topological polar surface area (TPSA) is 137 Å². The summed E-state index contributed by atoms with van der Waals surface area (Å²) in [5, 5.41) is 39.3. The molecular formula is C16H24N2O6S. The highest BCUT2D eigenvalue weighted by atomic mass is 32.1. The summed E-state index contributed by atoms with van der Waals surface area (Å²) in [4.78, 5) is 0. The van der Waals surface area contributed by atoms with Crippen LogP contribution in [-0.2, 0) is 11.2 Å². The Balaban J connectivity index is 0.000000251. The normalized spacial score (nSPS) is 25.3. The van der Waals surface area contributed by atoms with Gasteiger partial charge in [0.15, 0.2) is 22.8 Å². The monoisotopic (exact) mass is 372 g/mol. The molecule has 9 heteroatoms. The summed E-state index contributed by atoms with van der Waals surface area (Å²) in [5.41, 5.74) is 6.23. The van der Waals surface area contributed by atoms with E-state index < -0.39 is 24.5 Å². The maximum absolute atomic E-state index is 9.34. The fourth-order valence-corrected chi connectivity index (χ4v) is 2.21. The van der Waals surface area contributed by atoms with Crippen LogP contribution in [0.1, 0.15) is 5.56 Å². The molecule has 7 N–H and O–H groups in total. The molecular weight excluding hydrogens is 348 g/mol. The van der Waals surface area contributed by atoms with E-state index in [9.17, 15) is 15.3 Å². The number of aromatic hydroxyl groups is 1. The second-order valence-electron chi connectivity index (χ2n) is 5.31. The number of phenolic OH excluding ortho intramolecular Hbond substituents is 1. The average Bonchev–Trinajstić information content (AvgIpc) is 2.58. The predicted molar refractivity (Wildman–Crippen MR) is 96.2 cm³/mol. The van der Waals surface area contributed by atoms with Gasteiger partial charge in [0.2, 0.25) is 0 Å². The Hall–Kier alpha value is -1.91. The lowest BCUT2D eigenvalue weighted by Gasteiger charge is -2.35. The summed E-state index contributed by atoms with van der Waals surface area (Å²) in [6.45, 7) is 3.56. The highest BCUT2D eigenvalue weighted by Crippen LogP contribution is 2.26. The van der Waals surface area contributed by atoms with Crippen molar-refractivity contribution < 1.29 is 29.9 Å². The molecule has 0 amide bonds. The van der Waals surface area contributed by atoms with Gasteiger partial charge in [0, 0.05) is 0 Å². The highest BCUT2D eigenvalue weighted by molar-refractivity contribution is 7.80. The Labute approximate surface area is 151 Å². The van der Waals surface area contributed by atoms with Crippen LogP contribution in [0.15, 0.2) is 30.9 Å². The lowest BCUT2D eigenvalue weighted by atomic mass is 10.0. The number of allylic oxidation sites excluding steroid dienone is 1. The summed E-state index contributed by atoms with van der Waals surface area (Å²) in [6, 6.07) is 5.27. The molecule has 1 aromatic rings. The van der Waals surface area contributed by atoms with Gasteiger partial charge < -0.3 is 41.0 Å². The second kappa shape index (κ2) is 10.2. The molecule has 25 heavy (non-hydrogen) atoms. The number of thiocarbonyl (C=S) groups is 1. The third-order valence-electron chi connectivity index (χ3n) is 3.41. The Morgan fingerprint density at radius 2 is 2.12 bits per heavy atom. The van der Waals surface area contributed by atoms with Crippen molar-refractivity contribution in [1.82, 2.24) is 5.32 Å². The van der Waals surface area contributed by atoms with Gasteiger partial charge in [-0.05, 0) is 36.3 Å². The van der Waals surface area contributed by atoms with E-state index in [1.165, 1.54) is 7.11 Å². The summed E-state index contributed by atoms with van der Waals surface area (Å²) in [5.74, 6) is 0.680. The molecule has 0 bridgehead atoms. The van der Waals surface area contributed by atoms with Gasteiger partial charge in [-0.3, -0.25) is 0 Å². The minimum Gasteiger partial charge on any atom is -0.504 e. The van der Waals surface area contributed by atoms with Crippen LogP contribution >= 0.6 is 12.2 Å². The van der Waals surface area contributed by atoms with Crippen molar-refractivity contribution in [3.63, 3.8) is 0 Å². The van der Waals surface area contributed by atoms with Crippen molar-refractivity contribution in [1.29, 1.82) is 0 Å². The molecule has 1 fully saturated rings. The first-order valence-electron chi connectivity index (χ1n) is 7.48. The number of phenols is 1. The molecule has 0 saturated carbocycles. The largest absolute Gasteiger partial charge is 0.504 e. The number of hydrogen-bond acceptors (Lipinski definition) is 7. The maximum atomic E-state index is 9.34. The molecule has 1 unspecified atom stereocenters. The third-order valence-corrected chi connectivity index (χ3v) is 3.53. The minimum atomic E-state index is -1.25. The molecule has 4 atom stereocenters. The standard InChI is InChI=1S/C10H12O2.C6H12N2O4S/c1-3-4-8-5-6-9(11)10(7-8)12-2;7-6(13)8-5-4(11)3(10)2(9)1-12-5/h3,5-7,11H,1,4H2,2H3;2-5,9-11H,1H2,(H3,7,8,13)/t;2-,3+,4-,5?/m.1/s1. The molecule has 1 aliphatic heterocycles. The van der Waals surface area contributed by atoms with Crippen LogP contribution in [0.3, 0.4) is 0 Å². The fourth-order valence-electron chi connectivity index (χ4n) is 2.09. The van der Waals surface area contributed by atoms with Crippen molar-refractivity contribution in [2.24, 2.45) is 5.73 Å². The zero-order valence-electron chi connectivity index (χ0n) is 13.8. The number of nitrogens with one attached hydrogen (secondary N) is 1. The number of methoxy groups -OCH3 is 1. The van der Waals surface area contributed by atoms with Crippen LogP contribution in [0.2, 0.25) is 0 Å². The first kappa shape index (κ1) is 21.1. The Kier molecular flexibility index (Phi) is 8.59. The summed E-state index contributed by atoms with van der Waals surface area (Å²) >= 11 is 4.53. The third kappa shape index (κ3) is 6.48. The SMILES string of the molecule is C=CCc1ccc(O)c(OC)c1.NC(=S)NC1OC[C@@H](O)[C@H](O)[C@H]1O. The molecule has 0 aliphatic carbocycles. The van der Waals surface area contributed by atoms with E-state index in [1.807, 2.05) is 12.1 Å². The average molecular weight is 372 g/mol. The highest BCUT2D eigenvalue weighted by Gasteiger charge is 2.37. The second-order valence-corrected chi connectivity index (χ2v) is 5.75. The minimum absolute atomic E-state index is 0.0346. The number of aliphatic hydroxyl groups excluding tert-OH is 3. The number of ether oxygens (including phenoxy) is 2. The number of nitrogens with two attached hydrogens (primary N) is 1.